The van der Waals surface area contributed by atoms with Crippen molar-refractivity contribution in [1.29, 1.82) is 0 Å². The van der Waals surface area contributed by atoms with Crippen LogP contribution in [0.5, 0.6) is 0 Å². The van der Waals surface area contributed by atoms with Crippen molar-refractivity contribution in [3.05, 3.63) is 86.6 Å². The van der Waals surface area contributed by atoms with Crippen LogP contribution in [0.1, 0.15) is 49.5 Å². The van der Waals surface area contributed by atoms with E-state index in [0.29, 0.717) is 0 Å². The predicted molar refractivity (Wildman–Crippen MR) is 136 cm³/mol. The molecular weight excluding hydrogens is 616 g/mol. The molecule has 4 aromatic rings. The minimum Gasteiger partial charge on any atom is -0.366 e. The van der Waals surface area contributed by atoms with Gasteiger partial charge in [0.25, 0.3) is 5.91 Å². The zero-order valence-electron chi connectivity index (χ0n) is 21.5. The highest BCUT2D eigenvalue weighted by Crippen LogP contribution is 2.48. The lowest BCUT2D eigenvalue weighted by Crippen LogP contribution is -2.41. The number of halogens is 9. The molecule has 226 valence electrons. The largest absolute Gasteiger partial charge is 0.416 e. The third kappa shape index (κ3) is 5.05. The fraction of sp³-hybridized carbons (Fsp3) is 0.222. The summed E-state index contributed by atoms with van der Waals surface area (Å²) >= 11 is 6.22. The summed E-state index contributed by atoms with van der Waals surface area (Å²) in [5, 5.41) is 17.7. The quantitative estimate of drug-likeness (QED) is 0.245. The third-order valence-electron chi connectivity index (χ3n) is 7.05. The number of aliphatic hydroxyl groups is 1. The van der Waals surface area contributed by atoms with Gasteiger partial charge in [0.1, 0.15) is 17.2 Å². The Morgan fingerprint density at radius 1 is 1.09 bits per heavy atom. The molecular formula is C27H17ClF8N4O3. The monoisotopic (exact) mass is 632 g/mol. The summed E-state index contributed by atoms with van der Waals surface area (Å²) < 4.78 is 111. The van der Waals surface area contributed by atoms with E-state index in [1.807, 2.05) is 0 Å². The maximum atomic E-state index is 15.7. The molecule has 4 N–H and O–H groups in total. The topological polar surface area (TPSA) is 110 Å². The molecule has 0 saturated carbocycles. The Bertz CT molecular complexity index is 1850. The van der Waals surface area contributed by atoms with Gasteiger partial charge in [0, 0.05) is 46.3 Å². The van der Waals surface area contributed by atoms with Gasteiger partial charge in [-0.05, 0) is 48.4 Å². The van der Waals surface area contributed by atoms with Crippen molar-refractivity contribution in [1.82, 2.24) is 15.1 Å². The van der Waals surface area contributed by atoms with E-state index in [2.05, 4.69) is 10.4 Å². The lowest BCUT2D eigenvalue weighted by Gasteiger charge is -2.28. The molecule has 0 radical (unpaired) electrons. The van der Waals surface area contributed by atoms with E-state index in [-0.39, 0.29) is 33.8 Å². The summed E-state index contributed by atoms with van der Waals surface area (Å²) in [5.74, 6) is -5.26. The number of rotatable bonds is 5. The normalized spacial score (nSPS) is 17.0. The molecule has 2 heterocycles. The molecule has 0 aliphatic carbocycles. The Balaban J connectivity index is 1.95. The number of nitrogens with one attached hydrogen (secondary N) is 1. The van der Waals surface area contributed by atoms with Crippen LogP contribution in [-0.2, 0) is 25.4 Å². The minimum atomic E-state index is -5.13. The summed E-state index contributed by atoms with van der Waals surface area (Å²) in [4.78, 5) is 25.8. The summed E-state index contributed by atoms with van der Waals surface area (Å²) in [5.41, 5.74) is -3.58. The predicted octanol–water partition coefficient (Wildman–Crippen LogP) is 5.72. The van der Waals surface area contributed by atoms with Crippen molar-refractivity contribution in [2.75, 3.05) is 0 Å². The van der Waals surface area contributed by atoms with Gasteiger partial charge in [0.05, 0.1) is 16.7 Å². The van der Waals surface area contributed by atoms with Crippen LogP contribution < -0.4 is 11.1 Å². The van der Waals surface area contributed by atoms with E-state index < -0.39 is 93.3 Å². The average molecular weight is 633 g/mol. The van der Waals surface area contributed by atoms with Crippen LogP contribution in [0.4, 0.5) is 35.1 Å². The first-order valence-electron chi connectivity index (χ1n) is 12.1. The van der Waals surface area contributed by atoms with E-state index in [0.717, 1.165) is 28.9 Å². The van der Waals surface area contributed by atoms with E-state index in [1.54, 1.807) is 0 Å². The molecule has 1 unspecified atom stereocenters. The molecule has 7 nitrogen and oxygen atoms in total. The summed E-state index contributed by atoms with van der Waals surface area (Å²) in [6.07, 6.45) is -11.8. The highest BCUT2D eigenvalue weighted by molar-refractivity contribution is 6.31. The first kappa shape index (κ1) is 30.2. The van der Waals surface area contributed by atoms with Crippen LogP contribution in [-0.4, -0.2) is 32.9 Å². The van der Waals surface area contributed by atoms with Crippen molar-refractivity contribution in [2.45, 2.75) is 30.9 Å². The van der Waals surface area contributed by atoms with Crippen LogP contribution in [0, 0.1) is 11.6 Å². The average Bonchev–Trinajstić information content (AvgIpc) is 3.34. The number of benzene rings is 3. The van der Waals surface area contributed by atoms with Crippen LogP contribution in [0.2, 0.25) is 5.02 Å². The van der Waals surface area contributed by atoms with Crippen LogP contribution in [0.3, 0.4) is 0 Å². The molecule has 2 amide bonds. The first-order valence-corrected chi connectivity index (χ1v) is 12.5. The second-order valence-corrected chi connectivity index (χ2v) is 10.2. The molecule has 43 heavy (non-hydrogen) atoms. The molecule has 0 spiro atoms. The molecule has 1 aliphatic heterocycles. The van der Waals surface area contributed by atoms with Crippen molar-refractivity contribution in [2.24, 2.45) is 12.8 Å². The molecule has 0 bridgehead atoms. The Morgan fingerprint density at radius 2 is 1.77 bits per heavy atom. The molecule has 0 fully saturated rings. The van der Waals surface area contributed by atoms with Gasteiger partial charge in [-0.25, -0.2) is 8.78 Å². The lowest BCUT2D eigenvalue weighted by molar-refractivity contribution is -0.138. The lowest BCUT2D eigenvalue weighted by atomic mass is 9.83. The van der Waals surface area contributed by atoms with Gasteiger partial charge in [-0.15, -0.1) is 0 Å². The zero-order chi connectivity index (χ0) is 31.8. The van der Waals surface area contributed by atoms with Crippen LogP contribution >= 0.6 is 11.6 Å². The summed E-state index contributed by atoms with van der Waals surface area (Å²) in [6, 6.07) is 3.95. The second-order valence-electron chi connectivity index (χ2n) is 9.79. The van der Waals surface area contributed by atoms with Gasteiger partial charge in [0.15, 0.2) is 5.72 Å². The number of hydrogen-bond donors (Lipinski definition) is 3. The van der Waals surface area contributed by atoms with Crippen LogP contribution in [0.15, 0.2) is 36.4 Å². The first-order chi connectivity index (χ1) is 19.8. The molecule has 1 aliphatic rings. The minimum absolute atomic E-state index is 0.0462. The van der Waals surface area contributed by atoms with Crippen molar-refractivity contribution >= 4 is 34.3 Å². The van der Waals surface area contributed by atoms with Gasteiger partial charge >= 0.3 is 12.4 Å². The Kier molecular flexibility index (Phi) is 6.97. The molecule has 1 atom stereocenters. The molecule has 5 rings (SSSR count). The highest BCUT2D eigenvalue weighted by atomic mass is 35.5. The maximum Gasteiger partial charge on any atom is 0.416 e. The van der Waals surface area contributed by atoms with Crippen molar-refractivity contribution in [3.63, 3.8) is 0 Å². The number of nitrogens with zero attached hydrogens (tertiary/aromatic N) is 2. The highest BCUT2D eigenvalue weighted by Gasteiger charge is 2.49. The number of carbonyl (C=O) groups excluding carboxylic acids is 2. The Morgan fingerprint density at radius 3 is 2.37 bits per heavy atom. The number of alkyl halides is 6. The van der Waals surface area contributed by atoms with E-state index in [9.17, 15) is 45.4 Å². The second kappa shape index (κ2) is 9.91. The summed E-state index contributed by atoms with van der Waals surface area (Å²) in [6.45, 7) is 0. The zero-order valence-corrected chi connectivity index (χ0v) is 22.3. The smallest absolute Gasteiger partial charge is 0.366 e. The Hall–Kier alpha value is -4.24. The number of amides is 2. The Labute approximate surface area is 240 Å². The number of aryl methyl sites for hydroxylation is 2. The maximum absolute atomic E-state index is 15.7. The van der Waals surface area contributed by atoms with E-state index in [1.165, 1.54) is 7.05 Å². The summed E-state index contributed by atoms with van der Waals surface area (Å²) in [7, 11) is 1.26. The molecule has 1 aromatic heterocycles. The number of hydrogen-bond acceptors (Lipinski definition) is 4. The van der Waals surface area contributed by atoms with Crippen LogP contribution in [0.25, 0.3) is 22.0 Å². The van der Waals surface area contributed by atoms with Gasteiger partial charge in [-0.2, -0.15) is 31.4 Å². The molecule has 16 heteroatoms. The molecule has 3 aromatic carbocycles. The number of nitrogens with two attached hydrogens (primary N) is 1. The fourth-order valence-corrected chi connectivity index (χ4v) is 5.49. The molecule has 0 saturated heterocycles. The number of aromatic nitrogens is 2. The van der Waals surface area contributed by atoms with Crippen molar-refractivity contribution in [3.8, 4) is 11.1 Å². The van der Waals surface area contributed by atoms with E-state index >= 15 is 4.39 Å². The fourth-order valence-electron chi connectivity index (χ4n) is 5.24. The number of carbonyl (C=O) groups is 2. The third-order valence-corrected chi connectivity index (χ3v) is 7.38. The number of primary amides is 1. The van der Waals surface area contributed by atoms with Crippen molar-refractivity contribution < 1.29 is 49.8 Å². The van der Waals surface area contributed by atoms with Gasteiger partial charge in [-0.1, -0.05) is 11.6 Å². The van der Waals surface area contributed by atoms with E-state index in [4.69, 9.17) is 17.3 Å². The van der Waals surface area contributed by atoms with Gasteiger partial charge in [-0.3, -0.25) is 14.3 Å². The van der Waals surface area contributed by atoms with Gasteiger partial charge in [0.2, 0.25) is 5.91 Å². The van der Waals surface area contributed by atoms with Gasteiger partial charge < -0.3 is 16.2 Å². The standard InChI is InChI=1S/C27H17ClF8N4O3/c1-40-18(4-5-25(31,32)33)12-9-13(19-14(23(37)41)6-10(7-17(19)30)27(34,35)36)21-20(22(12)39-40)24(42)38-26(21,43)15-8-11(29)2-3-16(15)28/h2-3,6-9,43H,4-5H2,1H3,(H2,37,41)(H,38,42). The number of fused-ring (bicyclic) bond motifs is 3. The SMILES string of the molecule is Cn1nc2c3c(c(-c4c(F)cc(C(F)(F)F)cc4C(N)=O)cc2c1CCC(F)(F)F)C(O)(c1cc(F)ccc1Cl)NC3=O.